The number of aryl methyl sites for hydroxylation is 3. The second-order valence-corrected chi connectivity index (χ2v) is 8.76. The Balaban J connectivity index is 1.51. The van der Waals surface area contributed by atoms with E-state index < -0.39 is 15.8 Å². The summed E-state index contributed by atoms with van der Waals surface area (Å²) in [6.45, 7) is 0.244. The molecule has 0 aliphatic heterocycles. The van der Waals surface area contributed by atoms with E-state index in [1.807, 2.05) is 0 Å². The number of hydrogen-bond acceptors (Lipinski definition) is 5. The van der Waals surface area contributed by atoms with Gasteiger partial charge in [-0.25, -0.2) is 17.9 Å². The van der Waals surface area contributed by atoms with Gasteiger partial charge in [0.2, 0.25) is 10.0 Å². The maximum atomic E-state index is 12.6. The van der Waals surface area contributed by atoms with E-state index in [0.717, 1.165) is 30.6 Å². The second kappa shape index (κ2) is 7.10. The standard InChI is InChI=1S/C20H22N2O5S/c1-22-17-7-6-16(12-19(17)27-20(22)23)28(24,25)21-9-8-15-10-13-4-3-5-14(13)11-18(15)26-2/h6-7,10-12,21H,3-5,8-9H2,1-2H3. The molecule has 4 rings (SSSR count). The Morgan fingerprint density at radius 2 is 1.93 bits per heavy atom. The molecular weight excluding hydrogens is 380 g/mol. The number of sulfonamides is 1. The Bertz CT molecular complexity index is 1210. The van der Waals surface area contributed by atoms with E-state index in [1.165, 1.54) is 27.8 Å². The molecule has 8 heteroatoms. The fraction of sp³-hybridized carbons (Fsp3) is 0.350. The number of rotatable bonds is 6. The largest absolute Gasteiger partial charge is 0.496 e. The van der Waals surface area contributed by atoms with Crippen LogP contribution in [0.1, 0.15) is 23.1 Å². The Hall–Kier alpha value is -2.58. The first-order valence-electron chi connectivity index (χ1n) is 9.17. The van der Waals surface area contributed by atoms with Crippen LogP contribution in [0.2, 0.25) is 0 Å². The van der Waals surface area contributed by atoms with Gasteiger partial charge in [-0.15, -0.1) is 0 Å². The topological polar surface area (TPSA) is 90.5 Å². The van der Waals surface area contributed by atoms with E-state index in [-0.39, 0.29) is 17.0 Å². The van der Waals surface area contributed by atoms with Crippen molar-refractivity contribution < 1.29 is 17.6 Å². The Kier molecular flexibility index (Phi) is 4.76. The lowest BCUT2D eigenvalue weighted by atomic mass is 10.0. The Morgan fingerprint density at radius 3 is 2.68 bits per heavy atom. The van der Waals surface area contributed by atoms with Gasteiger partial charge in [0.15, 0.2) is 5.58 Å². The highest BCUT2D eigenvalue weighted by Gasteiger charge is 2.18. The van der Waals surface area contributed by atoms with Gasteiger partial charge in [-0.05, 0) is 60.6 Å². The quantitative estimate of drug-likeness (QED) is 0.682. The molecule has 0 amide bonds. The summed E-state index contributed by atoms with van der Waals surface area (Å²) in [7, 11) is -0.513. The number of fused-ring (bicyclic) bond motifs is 2. The van der Waals surface area contributed by atoms with E-state index >= 15 is 0 Å². The van der Waals surface area contributed by atoms with Crippen LogP contribution in [0, 0.1) is 0 Å². The van der Waals surface area contributed by atoms with Crippen LogP contribution in [0.3, 0.4) is 0 Å². The number of methoxy groups -OCH3 is 1. The maximum absolute atomic E-state index is 12.6. The third kappa shape index (κ3) is 3.33. The number of oxazole rings is 1. The molecule has 28 heavy (non-hydrogen) atoms. The van der Waals surface area contributed by atoms with Crippen LogP contribution in [0.15, 0.2) is 44.4 Å². The molecule has 0 saturated carbocycles. The van der Waals surface area contributed by atoms with Crippen molar-refractivity contribution in [3.05, 3.63) is 57.6 Å². The van der Waals surface area contributed by atoms with Gasteiger partial charge in [-0.1, -0.05) is 6.07 Å². The molecule has 0 bridgehead atoms. The third-order valence-corrected chi connectivity index (χ3v) is 6.71. The van der Waals surface area contributed by atoms with Crippen molar-refractivity contribution in [3.8, 4) is 5.75 Å². The van der Waals surface area contributed by atoms with E-state index in [2.05, 4.69) is 16.9 Å². The summed E-state index contributed by atoms with van der Waals surface area (Å²) in [6, 6.07) is 8.60. The number of ether oxygens (including phenoxy) is 1. The summed E-state index contributed by atoms with van der Waals surface area (Å²) in [4.78, 5) is 11.7. The predicted molar refractivity (Wildman–Crippen MR) is 105 cm³/mol. The minimum atomic E-state index is -3.72. The molecule has 2 aromatic carbocycles. The zero-order valence-electron chi connectivity index (χ0n) is 15.8. The van der Waals surface area contributed by atoms with Crippen molar-refractivity contribution in [2.75, 3.05) is 13.7 Å². The lowest BCUT2D eigenvalue weighted by Gasteiger charge is -2.12. The summed E-state index contributed by atoms with van der Waals surface area (Å²) in [6.07, 6.45) is 3.79. The van der Waals surface area contributed by atoms with Crippen LogP contribution in [-0.4, -0.2) is 26.6 Å². The van der Waals surface area contributed by atoms with Gasteiger partial charge in [0.1, 0.15) is 5.75 Å². The molecule has 1 aliphatic rings. The summed E-state index contributed by atoms with van der Waals surface area (Å²) < 4.78 is 39.8. The molecule has 0 radical (unpaired) electrons. The minimum absolute atomic E-state index is 0.0651. The minimum Gasteiger partial charge on any atom is -0.496 e. The molecule has 1 aliphatic carbocycles. The summed E-state index contributed by atoms with van der Waals surface area (Å²) >= 11 is 0. The molecule has 7 nitrogen and oxygen atoms in total. The predicted octanol–water partition coefficient (Wildman–Crippen LogP) is 2.15. The molecule has 0 saturated heterocycles. The van der Waals surface area contributed by atoms with E-state index in [9.17, 15) is 13.2 Å². The van der Waals surface area contributed by atoms with Crippen molar-refractivity contribution in [2.45, 2.75) is 30.6 Å². The van der Waals surface area contributed by atoms with Gasteiger partial charge in [-0.2, -0.15) is 0 Å². The average molecular weight is 402 g/mol. The van der Waals surface area contributed by atoms with Gasteiger partial charge >= 0.3 is 5.76 Å². The molecule has 148 valence electrons. The smallest absolute Gasteiger partial charge is 0.419 e. The molecular formula is C20H22N2O5S. The number of aromatic nitrogens is 1. The van der Waals surface area contributed by atoms with Gasteiger partial charge in [-0.3, -0.25) is 4.57 Å². The van der Waals surface area contributed by atoms with Crippen molar-refractivity contribution in [2.24, 2.45) is 7.05 Å². The normalized spacial score (nSPS) is 13.8. The highest BCUT2D eigenvalue weighted by Crippen LogP contribution is 2.30. The first-order chi connectivity index (χ1) is 13.4. The third-order valence-electron chi connectivity index (χ3n) is 5.26. The Morgan fingerprint density at radius 1 is 1.18 bits per heavy atom. The van der Waals surface area contributed by atoms with Crippen molar-refractivity contribution in [1.29, 1.82) is 0 Å². The monoisotopic (exact) mass is 402 g/mol. The molecule has 0 atom stereocenters. The summed E-state index contributed by atoms with van der Waals surface area (Å²) in [5.41, 5.74) is 4.43. The maximum Gasteiger partial charge on any atom is 0.419 e. The number of nitrogens with one attached hydrogen (secondary N) is 1. The van der Waals surface area contributed by atoms with Gasteiger partial charge in [0.05, 0.1) is 17.5 Å². The van der Waals surface area contributed by atoms with Crippen molar-refractivity contribution >= 4 is 21.1 Å². The molecule has 3 aromatic rings. The van der Waals surface area contributed by atoms with E-state index in [1.54, 1.807) is 20.2 Å². The first-order valence-corrected chi connectivity index (χ1v) is 10.7. The molecule has 0 spiro atoms. The lowest BCUT2D eigenvalue weighted by molar-refractivity contribution is 0.409. The number of hydrogen-bond donors (Lipinski definition) is 1. The van der Waals surface area contributed by atoms with Gasteiger partial charge in [0.25, 0.3) is 0 Å². The molecule has 1 aromatic heterocycles. The van der Waals surface area contributed by atoms with Crippen LogP contribution in [0.25, 0.3) is 11.1 Å². The van der Waals surface area contributed by atoms with Crippen LogP contribution >= 0.6 is 0 Å². The van der Waals surface area contributed by atoms with Crippen LogP contribution < -0.4 is 15.2 Å². The van der Waals surface area contributed by atoms with Crippen molar-refractivity contribution in [3.63, 3.8) is 0 Å². The fourth-order valence-corrected chi connectivity index (χ4v) is 4.77. The molecule has 0 fully saturated rings. The van der Waals surface area contributed by atoms with Crippen LogP contribution in [0.4, 0.5) is 0 Å². The molecule has 1 N–H and O–H groups in total. The average Bonchev–Trinajstić information content (AvgIpc) is 3.24. The lowest BCUT2D eigenvalue weighted by Crippen LogP contribution is -2.26. The summed E-state index contributed by atoms with van der Waals surface area (Å²) in [5, 5.41) is 0. The van der Waals surface area contributed by atoms with Gasteiger partial charge in [0, 0.05) is 19.7 Å². The molecule has 1 heterocycles. The highest BCUT2D eigenvalue weighted by molar-refractivity contribution is 7.89. The second-order valence-electron chi connectivity index (χ2n) is 6.99. The Labute approximate surface area is 163 Å². The van der Waals surface area contributed by atoms with Crippen molar-refractivity contribution in [1.82, 2.24) is 9.29 Å². The SMILES string of the molecule is COc1cc2c(cc1CCNS(=O)(=O)c1ccc3c(c1)oc(=O)n3C)CCC2. The van der Waals surface area contributed by atoms with Crippen LogP contribution in [-0.2, 0) is 36.3 Å². The fourth-order valence-electron chi connectivity index (χ4n) is 3.72. The highest BCUT2D eigenvalue weighted by atomic mass is 32.2. The number of benzene rings is 2. The van der Waals surface area contributed by atoms with E-state index in [0.29, 0.717) is 11.9 Å². The zero-order chi connectivity index (χ0) is 19.9. The van der Waals surface area contributed by atoms with Gasteiger partial charge < -0.3 is 9.15 Å². The van der Waals surface area contributed by atoms with Crippen LogP contribution in [0.5, 0.6) is 5.75 Å². The number of nitrogens with zero attached hydrogens (tertiary/aromatic N) is 1. The first kappa shape index (κ1) is 18.8. The summed E-state index contributed by atoms with van der Waals surface area (Å²) in [5.74, 6) is 0.272. The molecule has 0 unspecified atom stereocenters. The van der Waals surface area contributed by atoms with E-state index in [4.69, 9.17) is 9.15 Å². The zero-order valence-corrected chi connectivity index (χ0v) is 16.6.